The molecule has 0 fully saturated rings. The number of carbonyl (C=O) groups excluding carboxylic acids is 1. The van der Waals surface area contributed by atoms with Gasteiger partial charge in [-0.05, 0) is 58.8 Å². The zero-order valence-electron chi connectivity index (χ0n) is 12.8. The van der Waals surface area contributed by atoms with E-state index >= 15 is 0 Å². The van der Waals surface area contributed by atoms with Crippen LogP contribution in [0.5, 0.6) is 11.5 Å². The number of carbonyl (C=O) groups is 1. The number of nitrogens with one attached hydrogen (secondary N) is 1. The van der Waals surface area contributed by atoms with Crippen molar-refractivity contribution < 1.29 is 14.3 Å². The highest BCUT2D eigenvalue weighted by Crippen LogP contribution is 2.31. The maximum absolute atomic E-state index is 12.4. The highest BCUT2D eigenvalue weighted by Gasteiger charge is 2.15. The lowest BCUT2D eigenvalue weighted by atomic mass is 10.1. The molecule has 0 aromatic heterocycles. The fourth-order valence-corrected chi connectivity index (χ4v) is 2.73. The summed E-state index contributed by atoms with van der Waals surface area (Å²) in [5.41, 5.74) is 2.56. The first-order valence-electron chi connectivity index (χ1n) is 6.90. The van der Waals surface area contributed by atoms with Gasteiger partial charge in [0.25, 0.3) is 5.91 Å². The molecule has 0 aliphatic carbocycles. The minimum absolute atomic E-state index is 0.172. The van der Waals surface area contributed by atoms with Gasteiger partial charge in [-0.25, -0.2) is 0 Å². The number of ether oxygens (including phenoxy) is 2. The molecule has 0 saturated carbocycles. The predicted molar refractivity (Wildman–Crippen MR) is 96.0 cm³/mol. The van der Waals surface area contributed by atoms with Crippen molar-refractivity contribution in [3.05, 3.63) is 51.1 Å². The molecule has 0 unspecified atom stereocenters. The van der Waals surface area contributed by atoms with E-state index in [1.807, 2.05) is 24.3 Å². The Balaban J connectivity index is 2.24. The second-order valence-electron chi connectivity index (χ2n) is 4.69. The molecule has 0 aliphatic heterocycles. The number of hydrogen-bond donors (Lipinski definition) is 1. The first-order chi connectivity index (χ1) is 10.6. The van der Waals surface area contributed by atoms with Crippen LogP contribution in [-0.2, 0) is 6.42 Å². The Bertz CT molecular complexity index is 668. The number of benzene rings is 2. The van der Waals surface area contributed by atoms with E-state index < -0.39 is 0 Å². The average Bonchev–Trinajstić information content (AvgIpc) is 2.55. The Labute approximate surface area is 144 Å². The number of rotatable bonds is 5. The summed E-state index contributed by atoms with van der Waals surface area (Å²) in [6.07, 6.45) is 0.974. The fraction of sp³-hybridized carbons (Fsp3) is 0.235. The lowest BCUT2D eigenvalue weighted by molar-refractivity contribution is 0.102. The van der Waals surface area contributed by atoms with E-state index in [1.165, 1.54) is 5.56 Å². The van der Waals surface area contributed by atoms with Crippen LogP contribution < -0.4 is 14.8 Å². The second-order valence-corrected chi connectivity index (χ2v) is 5.85. The molecule has 4 nitrogen and oxygen atoms in total. The molecule has 1 amide bonds. The normalized spacial score (nSPS) is 10.2. The zero-order valence-corrected chi connectivity index (χ0v) is 14.9. The van der Waals surface area contributed by atoms with Crippen molar-refractivity contribution in [3.8, 4) is 11.5 Å². The standard InChI is InChI=1S/C17H18INO3/c1-4-11-5-7-12(8-6-11)19-17(20)13-9-15(21-2)16(22-3)10-14(13)18/h5-10H,4H2,1-3H3,(H,19,20). The zero-order chi connectivity index (χ0) is 16.1. The number of amides is 1. The van der Waals surface area contributed by atoms with Gasteiger partial charge in [0.15, 0.2) is 11.5 Å². The Morgan fingerprint density at radius 3 is 2.23 bits per heavy atom. The molecule has 0 aliphatic rings. The van der Waals surface area contributed by atoms with E-state index in [0.29, 0.717) is 17.1 Å². The van der Waals surface area contributed by atoms with Crippen LogP contribution >= 0.6 is 22.6 Å². The molecule has 116 valence electrons. The third-order valence-electron chi connectivity index (χ3n) is 3.34. The highest BCUT2D eigenvalue weighted by molar-refractivity contribution is 14.1. The summed E-state index contributed by atoms with van der Waals surface area (Å²) in [6.45, 7) is 2.10. The summed E-state index contributed by atoms with van der Waals surface area (Å²) in [5, 5.41) is 2.90. The van der Waals surface area contributed by atoms with Crippen LogP contribution in [0.25, 0.3) is 0 Å². The van der Waals surface area contributed by atoms with Crippen LogP contribution in [-0.4, -0.2) is 20.1 Å². The third-order valence-corrected chi connectivity index (χ3v) is 4.23. The van der Waals surface area contributed by atoms with E-state index in [-0.39, 0.29) is 5.91 Å². The Morgan fingerprint density at radius 1 is 1.09 bits per heavy atom. The van der Waals surface area contributed by atoms with Gasteiger partial charge in [0, 0.05) is 9.26 Å². The molecule has 0 saturated heterocycles. The molecule has 0 bridgehead atoms. The smallest absolute Gasteiger partial charge is 0.256 e. The summed E-state index contributed by atoms with van der Waals surface area (Å²) < 4.78 is 11.3. The van der Waals surface area contributed by atoms with Crippen molar-refractivity contribution in [2.75, 3.05) is 19.5 Å². The maximum Gasteiger partial charge on any atom is 0.256 e. The van der Waals surface area contributed by atoms with Gasteiger partial charge in [-0.1, -0.05) is 19.1 Å². The van der Waals surface area contributed by atoms with Gasteiger partial charge in [-0.15, -0.1) is 0 Å². The Kier molecular flexibility index (Phi) is 5.65. The average molecular weight is 411 g/mol. The van der Waals surface area contributed by atoms with Gasteiger partial charge in [0.05, 0.1) is 19.8 Å². The van der Waals surface area contributed by atoms with Gasteiger partial charge < -0.3 is 14.8 Å². The Hall–Kier alpha value is -1.76. The van der Waals surface area contributed by atoms with Crippen LogP contribution in [0.4, 0.5) is 5.69 Å². The van der Waals surface area contributed by atoms with Crippen molar-refractivity contribution in [2.45, 2.75) is 13.3 Å². The van der Waals surface area contributed by atoms with E-state index in [4.69, 9.17) is 9.47 Å². The minimum Gasteiger partial charge on any atom is -0.493 e. The van der Waals surface area contributed by atoms with Crippen LogP contribution in [0.3, 0.4) is 0 Å². The quantitative estimate of drug-likeness (QED) is 0.754. The molecule has 1 N–H and O–H groups in total. The number of aryl methyl sites for hydroxylation is 1. The monoisotopic (exact) mass is 411 g/mol. The van der Waals surface area contributed by atoms with Crippen molar-refractivity contribution in [2.24, 2.45) is 0 Å². The molecule has 5 heteroatoms. The van der Waals surface area contributed by atoms with Gasteiger partial charge in [0.2, 0.25) is 0 Å². The first-order valence-corrected chi connectivity index (χ1v) is 7.98. The second kappa shape index (κ2) is 7.49. The third kappa shape index (κ3) is 3.71. The lowest BCUT2D eigenvalue weighted by Gasteiger charge is -2.12. The molecular formula is C17H18INO3. The topological polar surface area (TPSA) is 47.6 Å². The SMILES string of the molecule is CCc1ccc(NC(=O)c2cc(OC)c(OC)cc2I)cc1. The van der Waals surface area contributed by atoms with E-state index in [2.05, 4.69) is 34.8 Å². The van der Waals surface area contributed by atoms with Crippen LogP contribution in [0.2, 0.25) is 0 Å². The molecule has 2 aromatic carbocycles. The maximum atomic E-state index is 12.4. The van der Waals surface area contributed by atoms with Crippen LogP contribution in [0.15, 0.2) is 36.4 Å². The van der Waals surface area contributed by atoms with Crippen molar-refractivity contribution >= 4 is 34.2 Å². The number of anilines is 1. The molecule has 0 radical (unpaired) electrons. The van der Waals surface area contributed by atoms with Gasteiger partial charge >= 0.3 is 0 Å². The summed E-state index contributed by atoms with van der Waals surface area (Å²) in [4.78, 5) is 12.4. The van der Waals surface area contributed by atoms with Crippen LogP contribution in [0, 0.1) is 3.57 Å². The van der Waals surface area contributed by atoms with Crippen molar-refractivity contribution in [3.63, 3.8) is 0 Å². The van der Waals surface area contributed by atoms with E-state index in [1.54, 1.807) is 26.4 Å². The lowest BCUT2D eigenvalue weighted by Crippen LogP contribution is -2.14. The number of hydrogen-bond acceptors (Lipinski definition) is 3. The van der Waals surface area contributed by atoms with Gasteiger partial charge in [0.1, 0.15) is 0 Å². The predicted octanol–water partition coefficient (Wildman–Crippen LogP) is 4.12. The molecule has 0 heterocycles. The summed E-state index contributed by atoms with van der Waals surface area (Å²) in [5.74, 6) is 0.972. The summed E-state index contributed by atoms with van der Waals surface area (Å²) in [7, 11) is 3.12. The number of halogens is 1. The first kappa shape index (κ1) is 16.6. The number of methoxy groups -OCH3 is 2. The highest BCUT2D eigenvalue weighted by atomic mass is 127. The molecule has 2 aromatic rings. The van der Waals surface area contributed by atoms with Gasteiger partial charge in [-0.3, -0.25) is 4.79 Å². The minimum atomic E-state index is -0.172. The molecular weight excluding hydrogens is 393 g/mol. The van der Waals surface area contributed by atoms with Gasteiger partial charge in [-0.2, -0.15) is 0 Å². The van der Waals surface area contributed by atoms with Crippen molar-refractivity contribution in [1.82, 2.24) is 0 Å². The molecule has 2 rings (SSSR count). The fourth-order valence-electron chi connectivity index (χ4n) is 2.05. The van der Waals surface area contributed by atoms with Crippen molar-refractivity contribution in [1.29, 1.82) is 0 Å². The summed E-state index contributed by atoms with van der Waals surface area (Å²) in [6, 6.07) is 11.3. The largest absolute Gasteiger partial charge is 0.493 e. The van der Waals surface area contributed by atoms with E-state index in [9.17, 15) is 4.79 Å². The molecule has 0 atom stereocenters. The van der Waals surface area contributed by atoms with Crippen LogP contribution in [0.1, 0.15) is 22.8 Å². The molecule has 22 heavy (non-hydrogen) atoms. The Morgan fingerprint density at radius 2 is 1.68 bits per heavy atom. The summed E-state index contributed by atoms with van der Waals surface area (Å²) >= 11 is 2.12. The van der Waals surface area contributed by atoms with E-state index in [0.717, 1.165) is 15.7 Å². The molecule has 0 spiro atoms.